The number of aromatic nitrogens is 2. The Kier molecular flexibility index (Phi) is 6.56. The molecule has 0 amide bonds. The number of alkyl halides is 3. The van der Waals surface area contributed by atoms with Crippen LogP contribution in [0.25, 0.3) is 0 Å². The molecule has 9 heteroatoms. The molecule has 1 aliphatic rings. The Morgan fingerprint density at radius 3 is 2.79 bits per heavy atom. The largest absolute Gasteiger partial charge is 0.401 e. The third-order valence-corrected chi connectivity index (χ3v) is 4.65. The second-order valence-electron chi connectivity index (χ2n) is 6.86. The molecule has 3 rings (SSSR count). The number of nitrogens with one attached hydrogen (secondary N) is 2. The second kappa shape index (κ2) is 9.09. The van der Waals surface area contributed by atoms with E-state index >= 15 is 0 Å². The van der Waals surface area contributed by atoms with Gasteiger partial charge in [-0.05, 0) is 12.0 Å². The highest BCUT2D eigenvalue weighted by Crippen LogP contribution is 2.19. The van der Waals surface area contributed by atoms with Gasteiger partial charge in [0, 0.05) is 45.1 Å². The molecular weight excluding hydrogens is 369 g/mol. The zero-order chi connectivity index (χ0) is 20.0. The highest BCUT2D eigenvalue weighted by atomic mass is 19.4. The zero-order valence-corrected chi connectivity index (χ0v) is 15.8. The first-order valence-corrected chi connectivity index (χ1v) is 9.23. The van der Waals surface area contributed by atoms with Crippen molar-refractivity contribution in [2.45, 2.75) is 31.7 Å². The van der Waals surface area contributed by atoms with Crippen molar-refractivity contribution in [2.75, 3.05) is 26.7 Å². The molecule has 2 heterocycles. The molecule has 1 saturated heterocycles. The minimum atomic E-state index is -4.16. The summed E-state index contributed by atoms with van der Waals surface area (Å²) in [6.45, 7) is 1.10. The van der Waals surface area contributed by atoms with E-state index in [2.05, 4.69) is 37.3 Å². The lowest BCUT2D eigenvalue weighted by Crippen LogP contribution is -2.45. The monoisotopic (exact) mass is 394 g/mol. The minimum absolute atomic E-state index is 0.0578. The van der Waals surface area contributed by atoms with Crippen LogP contribution in [0, 0.1) is 0 Å². The maximum Gasteiger partial charge on any atom is 0.401 e. The second-order valence-corrected chi connectivity index (χ2v) is 6.86. The van der Waals surface area contributed by atoms with E-state index in [1.54, 1.807) is 13.2 Å². The summed E-state index contributed by atoms with van der Waals surface area (Å²) in [4.78, 5) is 9.98. The lowest BCUT2D eigenvalue weighted by Gasteiger charge is -2.20. The van der Waals surface area contributed by atoms with Crippen molar-refractivity contribution >= 4 is 5.96 Å². The molecule has 28 heavy (non-hydrogen) atoms. The molecule has 1 fully saturated rings. The first-order chi connectivity index (χ1) is 13.4. The van der Waals surface area contributed by atoms with E-state index < -0.39 is 12.7 Å². The molecule has 0 saturated carbocycles. The summed E-state index contributed by atoms with van der Waals surface area (Å²) in [6.07, 6.45) is 0.165. The number of hydrogen-bond acceptors (Lipinski definition) is 3. The van der Waals surface area contributed by atoms with Crippen molar-refractivity contribution in [2.24, 2.45) is 4.99 Å². The number of benzene rings is 1. The molecule has 2 aromatic rings. The van der Waals surface area contributed by atoms with E-state index in [4.69, 9.17) is 0 Å². The van der Waals surface area contributed by atoms with Crippen LogP contribution in [0.4, 0.5) is 13.2 Å². The van der Waals surface area contributed by atoms with Crippen LogP contribution in [0.5, 0.6) is 0 Å². The average Bonchev–Trinajstić information content (AvgIpc) is 3.27. The zero-order valence-electron chi connectivity index (χ0n) is 15.8. The Morgan fingerprint density at radius 2 is 2.07 bits per heavy atom. The van der Waals surface area contributed by atoms with Gasteiger partial charge in [0.25, 0.3) is 0 Å². The number of likely N-dealkylation sites (tertiary alicyclic amines) is 1. The van der Waals surface area contributed by atoms with E-state index in [0.29, 0.717) is 32.0 Å². The van der Waals surface area contributed by atoms with Crippen molar-refractivity contribution < 1.29 is 13.2 Å². The molecule has 6 nitrogen and oxygen atoms in total. The van der Waals surface area contributed by atoms with Gasteiger partial charge in [-0.1, -0.05) is 30.3 Å². The highest BCUT2D eigenvalue weighted by molar-refractivity contribution is 5.79. The summed E-state index contributed by atoms with van der Waals surface area (Å²) in [7, 11) is 1.65. The molecule has 1 aliphatic heterocycles. The Bertz CT molecular complexity index is 771. The molecule has 2 N–H and O–H groups in total. The number of rotatable bonds is 6. The number of nitrogens with zero attached hydrogens (tertiary/aromatic N) is 4. The van der Waals surface area contributed by atoms with Crippen LogP contribution >= 0.6 is 0 Å². The summed E-state index contributed by atoms with van der Waals surface area (Å²) in [6, 6.07) is 10.0. The quantitative estimate of drug-likeness (QED) is 0.583. The van der Waals surface area contributed by atoms with Crippen molar-refractivity contribution in [3.8, 4) is 0 Å². The maximum atomic E-state index is 12.5. The molecule has 1 unspecified atom stereocenters. The highest BCUT2D eigenvalue weighted by Gasteiger charge is 2.34. The van der Waals surface area contributed by atoms with Crippen molar-refractivity contribution in [1.29, 1.82) is 0 Å². The topological polar surface area (TPSA) is 57.5 Å². The van der Waals surface area contributed by atoms with E-state index in [9.17, 15) is 13.2 Å². The van der Waals surface area contributed by atoms with E-state index in [0.717, 1.165) is 12.4 Å². The first-order valence-electron chi connectivity index (χ1n) is 9.23. The fraction of sp³-hybridized carbons (Fsp3) is 0.474. The van der Waals surface area contributed by atoms with Gasteiger partial charge in [0.05, 0.1) is 13.1 Å². The van der Waals surface area contributed by atoms with Gasteiger partial charge in [-0.25, -0.2) is 4.98 Å². The van der Waals surface area contributed by atoms with Crippen LogP contribution < -0.4 is 10.6 Å². The maximum absolute atomic E-state index is 12.5. The van der Waals surface area contributed by atoms with Gasteiger partial charge in [0.1, 0.15) is 5.82 Å². The van der Waals surface area contributed by atoms with Gasteiger partial charge in [0.15, 0.2) is 5.96 Å². The first kappa shape index (κ1) is 20.2. The van der Waals surface area contributed by atoms with Crippen molar-refractivity contribution in [1.82, 2.24) is 25.1 Å². The van der Waals surface area contributed by atoms with Crippen LogP contribution in [-0.2, 0) is 13.1 Å². The molecule has 1 aromatic carbocycles. The van der Waals surface area contributed by atoms with E-state index in [-0.39, 0.29) is 6.04 Å². The van der Waals surface area contributed by atoms with Crippen LogP contribution in [0.2, 0.25) is 0 Å². The smallest absolute Gasteiger partial charge is 0.352 e. The summed E-state index contributed by atoms with van der Waals surface area (Å²) in [5.74, 6) is 1.42. The Balaban J connectivity index is 1.50. The molecule has 0 aliphatic carbocycles. The molecular formula is C19H25F3N6. The minimum Gasteiger partial charge on any atom is -0.352 e. The fourth-order valence-electron chi connectivity index (χ4n) is 3.33. The van der Waals surface area contributed by atoms with Gasteiger partial charge < -0.3 is 15.2 Å². The Labute approximate surface area is 162 Å². The lowest BCUT2D eigenvalue weighted by molar-refractivity contribution is -0.143. The SMILES string of the molecule is CN=C(NCc1nccn1Cc1ccccc1)NC1CCN(CC(F)(F)F)C1. The van der Waals surface area contributed by atoms with Gasteiger partial charge in [-0.3, -0.25) is 9.89 Å². The summed E-state index contributed by atoms with van der Waals surface area (Å²) in [5.41, 5.74) is 1.18. The van der Waals surface area contributed by atoms with Crippen LogP contribution in [0.15, 0.2) is 47.7 Å². The normalized spacial score (nSPS) is 18.4. The number of aliphatic imine (C=N–C) groups is 1. The van der Waals surface area contributed by atoms with Crippen LogP contribution in [0.3, 0.4) is 0 Å². The number of guanidine groups is 1. The Hall–Kier alpha value is -2.55. The van der Waals surface area contributed by atoms with Gasteiger partial charge in [-0.2, -0.15) is 13.2 Å². The molecule has 0 spiro atoms. The third kappa shape index (κ3) is 5.98. The molecule has 1 atom stereocenters. The van der Waals surface area contributed by atoms with E-state index in [1.165, 1.54) is 10.5 Å². The van der Waals surface area contributed by atoms with Crippen LogP contribution in [0.1, 0.15) is 17.8 Å². The average molecular weight is 394 g/mol. The third-order valence-electron chi connectivity index (χ3n) is 4.65. The Morgan fingerprint density at radius 1 is 1.29 bits per heavy atom. The number of hydrogen-bond donors (Lipinski definition) is 2. The van der Waals surface area contributed by atoms with Crippen LogP contribution in [-0.4, -0.2) is 59.3 Å². The summed E-state index contributed by atoms with van der Waals surface area (Å²) in [5, 5.41) is 6.41. The van der Waals surface area contributed by atoms with Crippen molar-refractivity contribution in [3.05, 3.63) is 54.1 Å². The summed E-state index contributed by atoms with van der Waals surface area (Å²) >= 11 is 0. The molecule has 0 radical (unpaired) electrons. The van der Waals surface area contributed by atoms with Gasteiger partial charge in [-0.15, -0.1) is 0 Å². The van der Waals surface area contributed by atoms with Crippen molar-refractivity contribution in [3.63, 3.8) is 0 Å². The van der Waals surface area contributed by atoms with E-state index in [1.807, 2.05) is 24.4 Å². The molecule has 0 bridgehead atoms. The number of imidazole rings is 1. The van der Waals surface area contributed by atoms with Gasteiger partial charge >= 0.3 is 6.18 Å². The lowest BCUT2D eigenvalue weighted by atomic mass is 10.2. The standard InChI is InChI=1S/C19H25F3N6/c1-23-18(26-16-7-9-27(13-16)14-19(20,21)22)25-11-17-24-8-10-28(17)12-15-5-3-2-4-6-15/h2-6,8,10,16H,7,9,11-14H2,1H3,(H2,23,25,26). The fourth-order valence-corrected chi connectivity index (χ4v) is 3.33. The predicted molar refractivity (Wildman–Crippen MR) is 102 cm³/mol. The molecule has 1 aromatic heterocycles. The number of halogens is 3. The predicted octanol–water partition coefficient (Wildman–Crippen LogP) is 2.23. The molecule has 152 valence electrons. The summed E-state index contributed by atoms with van der Waals surface area (Å²) < 4.78 is 39.6. The van der Waals surface area contributed by atoms with Gasteiger partial charge in [0.2, 0.25) is 0 Å².